The highest BCUT2D eigenvalue weighted by Gasteiger charge is 2.49. The molecule has 148 valence electrons. The third-order valence-electron chi connectivity index (χ3n) is 2.70. The topological polar surface area (TPSA) is 27.7 Å². The van der Waals surface area contributed by atoms with Crippen LogP contribution < -0.4 is 24.0 Å². The minimum atomic E-state index is -2.63. The number of rotatable bonds is 10. The van der Waals surface area contributed by atoms with E-state index in [9.17, 15) is 0 Å². The molecule has 24 heavy (non-hydrogen) atoms. The van der Waals surface area contributed by atoms with Crippen LogP contribution in [-0.2, 0) is 12.3 Å². The SMILES string of the molecule is C[N+](C)(C)CCC[Si](O[Si](C)(C)C)(O[Si](C)(C)C)O[Si](C)(C)C.[I-]. The summed E-state index contributed by atoms with van der Waals surface area (Å²) in [6.45, 7) is 21.3. The lowest BCUT2D eigenvalue weighted by Gasteiger charge is -2.43. The highest BCUT2D eigenvalue weighted by molar-refractivity contribution is 6.90. The van der Waals surface area contributed by atoms with Gasteiger partial charge in [0.2, 0.25) is 0 Å². The van der Waals surface area contributed by atoms with Crippen molar-refractivity contribution in [2.24, 2.45) is 0 Å². The second-order valence-electron chi connectivity index (χ2n) is 10.4. The Hall–Kier alpha value is 1.44. The number of hydrogen-bond donors (Lipinski definition) is 0. The predicted octanol–water partition coefficient (Wildman–Crippen LogP) is 1.58. The average Bonchev–Trinajstić information content (AvgIpc) is 2.03. The van der Waals surface area contributed by atoms with Gasteiger partial charge < -0.3 is 40.8 Å². The van der Waals surface area contributed by atoms with Crippen LogP contribution in [0.25, 0.3) is 0 Å². The Kier molecular flexibility index (Phi) is 11.0. The summed E-state index contributed by atoms with van der Waals surface area (Å²) in [5.41, 5.74) is 0. The fourth-order valence-corrected chi connectivity index (χ4v) is 17.0. The van der Waals surface area contributed by atoms with E-state index in [4.69, 9.17) is 12.3 Å². The van der Waals surface area contributed by atoms with E-state index in [2.05, 4.69) is 80.1 Å². The minimum absolute atomic E-state index is 0. The van der Waals surface area contributed by atoms with Crippen LogP contribution in [-0.4, -0.2) is 65.9 Å². The fraction of sp³-hybridized carbons (Fsp3) is 1.00. The number of hydrogen-bond acceptors (Lipinski definition) is 3. The molecule has 0 atom stereocenters. The van der Waals surface area contributed by atoms with Crippen molar-refractivity contribution in [3.8, 4) is 0 Å². The van der Waals surface area contributed by atoms with E-state index in [1.807, 2.05) is 0 Å². The summed E-state index contributed by atoms with van der Waals surface area (Å²) in [6.07, 6.45) is 1.09. The lowest BCUT2D eigenvalue weighted by atomic mass is 10.4. The zero-order chi connectivity index (χ0) is 18.7. The maximum Gasteiger partial charge on any atom is 0.469 e. The van der Waals surface area contributed by atoms with Crippen molar-refractivity contribution in [2.75, 3.05) is 27.7 Å². The predicted molar refractivity (Wildman–Crippen MR) is 111 cm³/mol. The molecule has 0 aromatic heterocycles. The van der Waals surface area contributed by atoms with Gasteiger partial charge in [-0.25, -0.2) is 0 Å². The quantitative estimate of drug-likeness (QED) is 0.247. The second-order valence-corrected chi connectivity index (χ2v) is 27.4. The summed E-state index contributed by atoms with van der Waals surface area (Å²) in [5, 5.41) is 0. The van der Waals surface area contributed by atoms with E-state index >= 15 is 0 Å². The first-order chi connectivity index (χ1) is 9.83. The van der Waals surface area contributed by atoms with Gasteiger partial charge in [0.15, 0.2) is 25.0 Å². The van der Waals surface area contributed by atoms with Crippen LogP contribution in [0.5, 0.6) is 0 Å². The molecule has 0 unspecified atom stereocenters. The van der Waals surface area contributed by atoms with E-state index in [1.54, 1.807) is 0 Å². The smallest absolute Gasteiger partial charge is 0.469 e. The number of quaternary nitrogens is 1. The molecule has 0 saturated heterocycles. The Bertz CT molecular complexity index is 330. The van der Waals surface area contributed by atoms with Crippen molar-refractivity contribution < 1.29 is 40.8 Å². The highest BCUT2D eigenvalue weighted by Crippen LogP contribution is 2.30. The van der Waals surface area contributed by atoms with Crippen molar-refractivity contribution in [3.05, 3.63) is 0 Å². The Morgan fingerprint density at radius 1 is 0.625 bits per heavy atom. The Morgan fingerprint density at radius 3 is 1.12 bits per heavy atom. The molecule has 0 radical (unpaired) electrons. The van der Waals surface area contributed by atoms with Gasteiger partial charge in [-0.05, 0) is 58.9 Å². The average molecular weight is 524 g/mol. The first-order valence-electron chi connectivity index (χ1n) is 8.74. The van der Waals surface area contributed by atoms with Gasteiger partial charge in [0.1, 0.15) is 0 Å². The standard InChI is InChI=1S/C15H42NO3Si4.HI/c1-16(2,3)14-13-15-23(17-20(4,5)6,18-21(7,8)9)19-22(10,11)12;/h13-15H2,1-12H3;1H/q+1;/p-1. The molecule has 0 fully saturated rings. The molecule has 9 heteroatoms. The molecular weight excluding hydrogens is 481 g/mol. The van der Waals surface area contributed by atoms with Gasteiger partial charge in [0, 0.05) is 12.5 Å². The van der Waals surface area contributed by atoms with Crippen molar-refractivity contribution in [1.82, 2.24) is 0 Å². The molecule has 4 nitrogen and oxygen atoms in total. The van der Waals surface area contributed by atoms with Crippen LogP contribution >= 0.6 is 0 Å². The monoisotopic (exact) mass is 523 g/mol. The van der Waals surface area contributed by atoms with Gasteiger partial charge in [-0.2, -0.15) is 0 Å². The summed E-state index contributed by atoms with van der Waals surface area (Å²) in [7, 11) is -1.13. The molecule has 0 N–H and O–H groups in total. The van der Waals surface area contributed by atoms with Crippen LogP contribution in [0.4, 0.5) is 0 Å². The largest absolute Gasteiger partial charge is 1.00 e. The molecular formula is C15H42INO3Si4. The summed E-state index contributed by atoms with van der Waals surface area (Å²) < 4.78 is 21.0. The Labute approximate surface area is 173 Å². The molecule has 0 saturated carbocycles. The van der Waals surface area contributed by atoms with Gasteiger partial charge in [-0.3, -0.25) is 0 Å². The summed E-state index contributed by atoms with van der Waals surface area (Å²) in [4.78, 5) is 0. The first-order valence-corrected chi connectivity index (χ1v) is 20.9. The maximum absolute atomic E-state index is 6.69. The van der Waals surface area contributed by atoms with Crippen LogP contribution in [0.1, 0.15) is 6.42 Å². The van der Waals surface area contributed by atoms with E-state index in [0.717, 1.165) is 23.5 Å². The van der Waals surface area contributed by atoms with Crippen LogP contribution in [0, 0.1) is 0 Å². The zero-order valence-corrected chi connectivity index (χ0v) is 24.3. The zero-order valence-electron chi connectivity index (χ0n) is 18.2. The number of halogens is 1. The van der Waals surface area contributed by atoms with Crippen molar-refractivity contribution >= 4 is 33.8 Å². The molecule has 0 aliphatic carbocycles. The van der Waals surface area contributed by atoms with Crippen LogP contribution in [0.3, 0.4) is 0 Å². The van der Waals surface area contributed by atoms with Gasteiger partial charge in [-0.1, -0.05) is 0 Å². The first kappa shape index (κ1) is 27.7. The van der Waals surface area contributed by atoms with E-state index in [-0.39, 0.29) is 24.0 Å². The summed E-state index contributed by atoms with van der Waals surface area (Å²) in [6, 6.07) is 0.946. The molecule has 0 bridgehead atoms. The molecule has 0 spiro atoms. The molecule has 0 aromatic rings. The molecule has 0 rings (SSSR count). The highest BCUT2D eigenvalue weighted by atomic mass is 127. The van der Waals surface area contributed by atoms with Crippen molar-refractivity contribution in [3.63, 3.8) is 0 Å². The van der Waals surface area contributed by atoms with Gasteiger partial charge >= 0.3 is 8.80 Å². The molecule has 0 heterocycles. The summed E-state index contributed by atoms with van der Waals surface area (Å²) >= 11 is 0. The van der Waals surface area contributed by atoms with Gasteiger partial charge in [0.05, 0.1) is 27.7 Å². The molecule has 0 amide bonds. The molecule has 0 aliphatic rings. The molecule has 0 aromatic carbocycles. The lowest BCUT2D eigenvalue weighted by molar-refractivity contribution is -0.870. The minimum Gasteiger partial charge on any atom is -1.00 e. The maximum atomic E-state index is 6.69. The lowest BCUT2D eigenvalue weighted by Crippen LogP contribution is -3.00. The third kappa shape index (κ3) is 15.7. The Morgan fingerprint density at radius 2 is 0.917 bits per heavy atom. The number of nitrogens with zero attached hydrogens (tertiary/aromatic N) is 1. The van der Waals surface area contributed by atoms with Crippen LogP contribution in [0.15, 0.2) is 0 Å². The van der Waals surface area contributed by atoms with Crippen molar-refractivity contribution in [2.45, 2.75) is 71.4 Å². The molecule has 0 aliphatic heterocycles. The van der Waals surface area contributed by atoms with E-state index in [1.165, 1.54) is 0 Å². The van der Waals surface area contributed by atoms with E-state index in [0.29, 0.717) is 0 Å². The van der Waals surface area contributed by atoms with Crippen molar-refractivity contribution in [1.29, 1.82) is 0 Å². The second kappa shape index (κ2) is 9.58. The third-order valence-corrected chi connectivity index (χ3v) is 14.7. The van der Waals surface area contributed by atoms with Gasteiger partial charge in [0.25, 0.3) is 0 Å². The van der Waals surface area contributed by atoms with Crippen LogP contribution in [0.2, 0.25) is 65.0 Å². The fourth-order valence-electron chi connectivity index (χ4n) is 2.39. The Balaban J connectivity index is 0. The van der Waals surface area contributed by atoms with E-state index < -0.39 is 33.8 Å². The summed E-state index contributed by atoms with van der Waals surface area (Å²) in [5.74, 6) is 0. The normalized spacial score (nSPS) is 14.5. The van der Waals surface area contributed by atoms with Gasteiger partial charge in [-0.15, -0.1) is 0 Å².